The average molecular weight is 327 g/mol. The van der Waals surface area contributed by atoms with Gasteiger partial charge in [0.25, 0.3) is 5.91 Å². The van der Waals surface area contributed by atoms with Gasteiger partial charge in [0, 0.05) is 5.56 Å². The lowest BCUT2D eigenvalue weighted by atomic mass is 10.0. The van der Waals surface area contributed by atoms with Crippen LogP contribution in [0.25, 0.3) is 11.1 Å². The van der Waals surface area contributed by atoms with Gasteiger partial charge in [0.15, 0.2) is 6.61 Å². The zero-order valence-electron chi connectivity index (χ0n) is 13.7. The number of carbonyl (C=O) groups is 2. The predicted molar refractivity (Wildman–Crippen MR) is 91.8 cm³/mol. The Morgan fingerprint density at radius 2 is 1.67 bits per heavy atom. The minimum Gasteiger partial charge on any atom is -0.483 e. The van der Waals surface area contributed by atoms with Crippen LogP contribution in [-0.4, -0.2) is 29.6 Å². The fraction of sp³-hybridized carbons (Fsp3) is 0.263. The number of rotatable bonds is 7. The van der Waals surface area contributed by atoms with Crippen molar-refractivity contribution in [2.45, 2.75) is 19.9 Å². The van der Waals surface area contributed by atoms with Crippen LogP contribution in [0.1, 0.15) is 13.8 Å². The van der Waals surface area contributed by atoms with Crippen LogP contribution in [0.5, 0.6) is 5.75 Å². The molecule has 2 rings (SSSR count). The van der Waals surface area contributed by atoms with E-state index in [4.69, 9.17) is 9.84 Å². The molecule has 5 nitrogen and oxygen atoms in total. The summed E-state index contributed by atoms with van der Waals surface area (Å²) in [6.07, 6.45) is 0. The fourth-order valence-corrected chi connectivity index (χ4v) is 2.32. The zero-order valence-corrected chi connectivity index (χ0v) is 13.7. The van der Waals surface area contributed by atoms with Gasteiger partial charge >= 0.3 is 5.97 Å². The Balaban J connectivity index is 2.05. The van der Waals surface area contributed by atoms with E-state index in [1.165, 1.54) is 0 Å². The molecule has 0 aliphatic heterocycles. The maximum atomic E-state index is 12.0. The maximum absolute atomic E-state index is 12.0. The minimum absolute atomic E-state index is 0.206. The number of nitrogens with one attached hydrogen (secondary N) is 1. The van der Waals surface area contributed by atoms with E-state index in [1.54, 1.807) is 19.9 Å². The molecule has 0 bridgehead atoms. The lowest BCUT2D eigenvalue weighted by Crippen LogP contribution is -2.46. The van der Waals surface area contributed by atoms with Gasteiger partial charge < -0.3 is 15.2 Å². The first-order valence-electron chi connectivity index (χ1n) is 7.78. The molecular formula is C19H21NO4. The van der Waals surface area contributed by atoms with Crippen molar-refractivity contribution < 1.29 is 19.4 Å². The number of aliphatic carboxylic acids is 1. The van der Waals surface area contributed by atoms with Crippen LogP contribution < -0.4 is 10.1 Å². The van der Waals surface area contributed by atoms with Crippen molar-refractivity contribution in [1.29, 1.82) is 0 Å². The number of benzene rings is 2. The summed E-state index contributed by atoms with van der Waals surface area (Å²) in [7, 11) is 0. The van der Waals surface area contributed by atoms with E-state index in [0.29, 0.717) is 5.75 Å². The fourth-order valence-electron chi connectivity index (χ4n) is 2.32. The monoisotopic (exact) mass is 327 g/mol. The molecule has 24 heavy (non-hydrogen) atoms. The molecule has 0 saturated heterocycles. The molecule has 0 aliphatic rings. The van der Waals surface area contributed by atoms with Crippen LogP contribution in [0.15, 0.2) is 54.6 Å². The average Bonchev–Trinajstić information content (AvgIpc) is 2.58. The Kier molecular flexibility index (Phi) is 5.95. The van der Waals surface area contributed by atoms with Gasteiger partial charge in [-0.15, -0.1) is 0 Å². The molecule has 1 atom stereocenters. The Morgan fingerprint density at radius 3 is 2.29 bits per heavy atom. The predicted octanol–water partition coefficient (Wildman–Crippen LogP) is 2.96. The van der Waals surface area contributed by atoms with Gasteiger partial charge in [0.2, 0.25) is 0 Å². The van der Waals surface area contributed by atoms with Crippen molar-refractivity contribution in [3.05, 3.63) is 54.6 Å². The van der Waals surface area contributed by atoms with Gasteiger partial charge in [-0.3, -0.25) is 4.79 Å². The number of carbonyl (C=O) groups excluding carboxylic acids is 1. The molecule has 0 aliphatic carbocycles. The molecule has 2 N–H and O–H groups in total. The summed E-state index contributed by atoms with van der Waals surface area (Å²) in [4.78, 5) is 23.1. The summed E-state index contributed by atoms with van der Waals surface area (Å²) in [5, 5.41) is 11.6. The van der Waals surface area contributed by atoms with Crippen LogP contribution >= 0.6 is 0 Å². The van der Waals surface area contributed by atoms with Crippen molar-refractivity contribution in [1.82, 2.24) is 5.32 Å². The Labute approximate surface area is 141 Å². The lowest BCUT2D eigenvalue weighted by Gasteiger charge is -2.18. The number of hydrogen-bond donors (Lipinski definition) is 2. The number of para-hydroxylation sites is 1. The third-order valence-corrected chi connectivity index (χ3v) is 3.58. The quantitative estimate of drug-likeness (QED) is 0.820. The molecule has 0 radical (unpaired) electrons. The highest BCUT2D eigenvalue weighted by Gasteiger charge is 2.23. The summed E-state index contributed by atoms with van der Waals surface area (Å²) < 4.78 is 5.61. The Morgan fingerprint density at radius 1 is 1.04 bits per heavy atom. The topological polar surface area (TPSA) is 75.6 Å². The zero-order chi connectivity index (χ0) is 17.5. The first-order valence-corrected chi connectivity index (χ1v) is 7.78. The number of hydrogen-bond acceptors (Lipinski definition) is 3. The molecule has 0 saturated carbocycles. The second-order valence-electron chi connectivity index (χ2n) is 5.78. The third-order valence-electron chi connectivity index (χ3n) is 3.58. The number of amides is 1. The third kappa shape index (κ3) is 4.59. The van der Waals surface area contributed by atoms with Gasteiger partial charge in [-0.2, -0.15) is 0 Å². The molecular weight excluding hydrogens is 306 g/mol. The second kappa shape index (κ2) is 8.15. The van der Waals surface area contributed by atoms with Crippen LogP contribution in [0.4, 0.5) is 0 Å². The van der Waals surface area contributed by atoms with E-state index in [1.807, 2.05) is 48.5 Å². The molecule has 5 heteroatoms. The molecule has 0 spiro atoms. The summed E-state index contributed by atoms with van der Waals surface area (Å²) in [5.74, 6) is -1.14. The van der Waals surface area contributed by atoms with Crippen molar-refractivity contribution in [2.24, 2.45) is 5.92 Å². The second-order valence-corrected chi connectivity index (χ2v) is 5.78. The highest BCUT2D eigenvalue weighted by Crippen LogP contribution is 2.29. The standard InChI is InChI=1S/C19H21NO4/c1-13(2)18(19(22)23)20-17(21)12-24-16-11-7-6-10-15(16)14-8-4-3-5-9-14/h3-11,13,18H,12H2,1-2H3,(H,20,21)(H,22,23)/t18-/m0/s1. The summed E-state index contributed by atoms with van der Waals surface area (Å²) in [6.45, 7) is 3.25. The van der Waals surface area contributed by atoms with Crippen LogP contribution in [-0.2, 0) is 9.59 Å². The Hall–Kier alpha value is -2.82. The number of carboxylic acid groups (broad SMARTS) is 1. The molecule has 1 amide bonds. The molecule has 126 valence electrons. The lowest BCUT2D eigenvalue weighted by molar-refractivity contribution is -0.143. The van der Waals surface area contributed by atoms with E-state index < -0.39 is 17.9 Å². The van der Waals surface area contributed by atoms with E-state index in [2.05, 4.69) is 5.32 Å². The van der Waals surface area contributed by atoms with Crippen molar-refractivity contribution in [3.63, 3.8) is 0 Å². The molecule has 2 aromatic rings. The summed E-state index contributed by atoms with van der Waals surface area (Å²) in [6, 6.07) is 16.2. The first-order chi connectivity index (χ1) is 11.5. The van der Waals surface area contributed by atoms with Crippen LogP contribution in [0.2, 0.25) is 0 Å². The van der Waals surface area contributed by atoms with Gasteiger partial charge in [-0.1, -0.05) is 62.4 Å². The maximum Gasteiger partial charge on any atom is 0.326 e. The molecule has 0 aromatic heterocycles. The van der Waals surface area contributed by atoms with Crippen LogP contribution in [0, 0.1) is 5.92 Å². The van der Waals surface area contributed by atoms with E-state index in [-0.39, 0.29) is 12.5 Å². The SMILES string of the molecule is CC(C)[C@H](NC(=O)COc1ccccc1-c1ccccc1)C(=O)O. The van der Waals surface area contributed by atoms with Gasteiger partial charge in [-0.05, 0) is 17.5 Å². The highest BCUT2D eigenvalue weighted by molar-refractivity contribution is 5.84. The van der Waals surface area contributed by atoms with Gasteiger partial charge in [0.1, 0.15) is 11.8 Å². The highest BCUT2D eigenvalue weighted by atomic mass is 16.5. The first kappa shape index (κ1) is 17.5. The largest absolute Gasteiger partial charge is 0.483 e. The summed E-state index contributed by atoms with van der Waals surface area (Å²) in [5.41, 5.74) is 1.86. The molecule has 0 heterocycles. The van der Waals surface area contributed by atoms with E-state index >= 15 is 0 Å². The molecule has 0 fully saturated rings. The smallest absolute Gasteiger partial charge is 0.326 e. The van der Waals surface area contributed by atoms with Crippen LogP contribution in [0.3, 0.4) is 0 Å². The minimum atomic E-state index is -1.05. The number of ether oxygens (including phenoxy) is 1. The van der Waals surface area contributed by atoms with Crippen molar-refractivity contribution >= 4 is 11.9 Å². The van der Waals surface area contributed by atoms with Gasteiger partial charge in [0.05, 0.1) is 0 Å². The van der Waals surface area contributed by atoms with E-state index in [9.17, 15) is 9.59 Å². The van der Waals surface area contributed by atoms with E-state index in [0.717, 1.165) is 11.1 Å². The Bertz CT molecular complexity index is 698. The summed E-state index contributed by atoms with van der Waals surface area (Å²) >= 11 is 0. The number of carboxylic acids is 1. The molecule has 0 unspecified atom stereocenters. The molecule has 2 aromatic carbocycles. The normalized spacial score (nSPS) is 11.8. The van der Waals surface area contributed by atoms with Gasteiger partial charge in [-0.25, -0.2) is 4.79 Å². The van der Waals surface area contributed by atoms with Crippen molar-refractivity contribution in [3.8, 4) is 16.9 Å². The van der Waals surface area contributed by atoms with Crippen molar-refractivity contribution in [2.75, 3.05) is 6.61 Å².